The monoisotopic (exact) mass is 292 g/mol. The molecule has 1 aromatic rings. The minimum Gasteiger partial charge on any atom is -0.494 e. The quantitative estimate of drug-likeness (QED) is 0.448. The van der Waals surface area contributed by atoms with Crippen LogP contribution in [0.3, 0.4) is 0 Å². The SMILES string of the molecule is CC/C=C/CCOC(=O)CNC(=O)c1ncccc1OC. The van der Waals surface area contributed by atoms with E-state index in [-0.39, 0.29) is 12.2 Å². The zero-order valence-corrected chi connectivity index (χ0v) is 12.3. The van der Waals surface area contributed by atoms with Gasteiger partial charge in [0.1, 0.15) is 12.3 Å². The van der Waals surface area contributed by atoms with Crippen LogP contribution in [0.25, 0.3) is 0 Å². The highest BCUT2D eigenvalue weighted by molar-refractivity contribution is 5.96. The summed E-state index contributed by atoms with van der Waals surface area (Å²) in [6.45, 7) is 2.14. The van der Waals surface area contributed by atoms with Gasteiger partial charge in [0.05, 0.1) is 13.7 Å². The number of esters is 1. The summed E-state index contributed by atoms with van der Waals surface area (Å²) in [5.74, 6) is -0.605. The maximum atomic E-state index is 11.9. The molecule has 1 heterocycles. The van der Waals surface area contributed by atoms with E-state index in [1.165, 1.54) is 13.3 Å². The number of aromatic nitrogens is 1. The molecule has 21 heavy (non-hydrogen) atoms. The van der Waals surface area contributed by atoms with Gasteiger partial charge in [-0.05, 0) is 25.0 Å². The summed E-state index contributed by atoms with van der Waals surface area (Å²) in [4.78, 5) is 27.2. The van der Waals surface area contributed by atoms with Gasteiger partial charge in [0.15, 0.2) is 5.69 Å². The maximum Gasteiger partial charge on any atom is 0.325 e. The van der Waals surface area contributed by atoms with Crippen LogP contribution in [0.1, 0.15) is 30.3 Å². The molecule has 0 unspecified atom stereocenters. The van der Waals surface area contributed by atoms with E-state index in [2.05, 4.69) is 10.3 Å². The average Bonchev–Trinajstić information content (AvgIpc) is 2.52. The Morgan fingerprint density at radius 1 is 1.38 bits per heavy atom. The first-order valence-corrected chi connectivity index (χ1v) is 6.76. The van der Waals surface area contributed by atoms with Crippen LogP contribution < -0.4 is 10.1 Å². The van der Waals surface area contributed by atoms with Crippen LogP contribution >= 0.6 is 0 Å². The Morgan fingerprint density at radius 2 is 2.19 bits per heavy atom. The van der Waals surface area contributed by atoms with Crippen LogP contribution in [0.5, 0.6) is 5.75 Å². The molecule has 1 amide bonds. The van der Waals surface area contributed by atoms with E-state index in [0.717, 1.165) is 6.42 Å². The number of hydrogen-bond acceptors (Lipinski definition) is 5. The van der Waals surface area contributed by atoms with Crippen molar-refractivity contribution >= 4 is 11.9 Å². The summed E-state index contributed by atoms with van der Waals surface area (Å²) in [6.07, 6.45) is 7.06. The maximum absolute atomic E-state index is 11.9. The van der Waals surface area contributed by atoms with Crippen molar-refractivity contribution in [2.75, 3.05) is 20.3 Å². The van der Waals surface area contributed by atoms with Gasteiger partial charge < -0.3 is 14.8 Å². The van der Waals surface area contributed by atoms with Gasteiger partial charge >= 0.3 is 5.97 Å². The van der Waals surface area contributed by atoms with Crippen molar-refractivity contribution in [3.8, 4) is 5.75 Å². The topological polar surface area (TPSA) is 77.5 Å². The third-order valence-electron chi connectivity index (χ3n) is 2.55. The molecule has 0 aliphatic carbocycles. The van der Waals surface area contributed by atoms with E-state index in [1.807, 2.05) is 19.1 Å². The van der Waals surface area contributed by atoms with Crippen LogP contribution in [-0.2, 0) is 9.53 Å². The molecule has 1 rings (SSSR count). The molecule has 1 aromatic heterocycles. The number of allylic oxidation sites excluding steroid dienone is 1. The Labute approximate surface area is 124 Å². The molecule has 6 heteroatoms. The zero-order valence-electron chi connectivity index (χ0n) is 12.3. The van der Waals surface area contributed by atoms with Crippen molar-refractivity contribution in [2.24, 2.45) is 0 Å². The lowest BCUT2D eigenvalue weighted by Gasteiger charge is -2.08. The summed E-state index contributed by atoms with van der Waals surface area (Å²) in [5.41, 5.74) is 0.138. The normalized spacial score (nSPS) is 10.4. The number of amides is 1. The molecule has 0 saturated carbocycles. The molecule has 0 saturated heterocycles. The van der Waals surface area contributed by atoms with Gasteiger partial charge in [0.25, 0.3) is 5.91 Å². The van der Waals surface area contributed by atoms with Crippen LogP contribution in [0, 0.1) is 0 Å². The lowest BCUT2D eigenvalue weighted by molar-refractivity contribution is -0.142. The Balaban J connectivity index is 2.35. The number of carbonyl (C=O) groups is 2. The molecule has 0 aromatic carbocycles. The number of nitrogens with zero attached hydrogens (tertiary/aromatic N) is 1. The van der Waals surface area contributed by atoms with Crippen molar-refractivity contribution in [2.45, 2.75) is 19.8 Å². The molecule has 0 aliphatic rings. The summed E-state index contributed by atoms with van der Waals surface area (Å²) < 4.78 is 10.0. The van der Waals surface area contributed by atoms with Crippen molar-refractivity contribution in [3.63, 3.8) is 0 Å². The highest BCUT2D eigenvalue weighted by atomic mass is 16.5. The number of pyridine rings is 1. The number of methoxy groups -OCH3 is 1. The Kier molecular flexibility index (Phi) is 7.56. The lowest BCUT2D eigenvalue weighted by atomic mass is 10.3. The standard InChI is InChI=1S/C15H20N2O4/c1-3-4-5-6-10-21-13(18)11-17-15(19)14-12(20-2)8-7-9-16-14/h4-5,7-9H,3,6,10-11H2,1-2H3,(H,17,19)/b5-4+. The van der Waals surface area contributed by atoms with E-state index in [9.17, 15) is 9.59 Å². The molecule has 0 fully saturated rings. The molecule has 0 radical (unpaired) electrons. The van der Waals surface area contributed by atoms with Crippen molar-refractivity contribution in [1.29, 1.82) is 0 Å². The predicted molar refractivity (Wildman–Crippen MR) is 78.1 cm³/mol. The summed E-state index contributed by atoms with van der Waals surface area (Å²) in [5, 5.41) is 2.45. The van der Waals surface area contributed by atoms with Crippen molar-refractivity contribution < 1.29 is 19.1 Å². The number of carbonyl (C=O) groups excluding carboxylic acids is 2. The summed E-state index contributed by atoms with van der Waals surface area (Å²) in [6, 6.07) is 3.29. The zero-order chi connectivity index (χ0) is 15.5. The molecule has 6 nitrogen and oxygen atoms in total. The second-order valence-electron chi connectivity index (χ2n) is 4.13. The fraction of sp³-hybridized carbons (Fsp3) is 0.400. The summed E-state index contributed by atoms with van der Waals surface area (Å²) in [7, 11) is 1.45. The van der Waals surface area contributed by atoms with Gasteiger partial charge in [-0.1, -0.05) is 19.1 Å². The van der Waals surface area contributed by atoms with E-state index < -0.39 is 11.9 Å². The molecule has 114 valence electrons. The van der Waals surface area contributed by atoms with E-state index >= 15 is 0 Å². The number of nitrogens with one attached hydrogen (secondary N) is 1. The Bertz CT molecular complexity index is 500. The van der Waals surface area contributed by atoms with E-state index in [4.69, 9.17) is 9.47 Å². The first-order chi connectivity index (χ1) is 10.2. The predicted octanol–water partition coefficient (Wildman–Crippen LogP) is 1.72. The first-order valence-electron chi connectivity index (χ1n) is 6.76. The van der Waals surface area contributed by atoms with Crippen LogP contribution in [0.2, 0.25) is 0 Å². The number of rotatable bonds is 8. The van der Waals surface area contributed by atoms with Gasteiger partial charge in [-0.15, -0.1) is 0 Å². The molecule has 0 aliphatic heterocycles. The van der Waals surface area contributed by atoms with Crippen molar-refractivity contribution in [3.05, 3.63) is 36.2 Å². The molecular formula is C15H20N2O4. The molecule has 0 atom stereocenters. The highest BCUT2D eigenvalue weighted by Crippen LogP contribution is 2.13. The fourth-order valence-electron chi connectivity index (χ4n) is 1.54. The van der Waals surface area contributed by atoms with Gasteiger partial charge in [0, 0.05) is 6.20 Å². The van der Waals surface area contributed by atoms with Crippen LogP contribution in [-0.4, -0.2) is 37.1 Å². The Hall–Kier alpha value is -2.37. The average molecular weight is 292 g/mol. The molecular weight excluding hydrogens is 272 g/mol. The molecule has 0 spiro atoms. The van der Waals surface area contributed by atoms with Gasteiger partial charge in [-0.2, -0.15) is 0 Å². The third-order valence-corrected chi connectivity index (χ3v) is 2.55. The second-order valence-corrected chi connectivity index (χ2v) is 4.13. The third kappa shape index (κ3) is 6.07. The van der Waals surface area contributed by atoms with Crippen LogP contribution in [0.15, 0.2) is 30.5 Å². The summed E-state index contributed by atoms with van der Waals surface area (Å²) >= 11 is 0. The van der Waals surface area contributed by atoms with Gasteiger partial charge in [0.2, 0.25) is 0 Å². The highest BCUT2D eigenvalue weighted by Gasteiger charge is 2.14. The number of hydrogen-bond donors (Lipinski definition) is 1. The van der Waals surface area contributed by atoms with E-state index in [1.54, 1.807) is 12.1 Å². The number of ether oxygens (including phenoxy) is 2. The van der Waals surface area contributed by atoms with Crippen molar-refractivity contribution in [1.82, 2.24) is 10.3 Å². The minimum atomic E-state index is -0.483. The molecule has 0 bridgehead atoms. The lowest BCUT2D eigenvalue weighted by Crippen LogP contribution is -2.31. The second kappa shape index (κ2) is 9.52. The largest absolute Gasteiger partial charge is 0.494 e. The van der Waals surface area contributed by atoms with Crippen LogP contribution in [0.4, 0.5) is 0 Å². The molecule has 1 N–H and O–H groups in total. The van der Waals surface area contributed by atoms with E-state index in [0.29, 0.717) is 18.8 Å². The Morgan fingerprint density at radius 3 is 2.90 bits per heavy atom. The fourth-order valence-corrected chi connectivity index (χ4v) is 1.54. The van der Waals surface area contributed by atoms with Gasteiger partial charge in [-0.3, -0.25) is 9.59 Å². The first kappa shape index (κ1) is 16.7. The minimum absolute atomic E-state index is 0.138. The smallest absolute Gasteiger partial charge is 0.325 e. The van der Waals surface area contributed by atoms with Gasteiger partial charge in [-0.25, -0.2) is 4.98 Å².